The second-order valence-electron chi connectivity index (χ2n) is 8.94. The Morgan fingerprint density at radius 3 is 2.65 bits per heavy atom. The van der Waals surface area contributed by atoms with Gasteiger partial charge in [0.1, 0.15) is 11.9 Å². The quantitative estimate of drug-likeness (QED) is 0.455. The summed E-state index contributed by atoms with van der Waals surface area (Å²) >= 11 is 12.0. The van der Waals surface area contributed by atoms with E-state index in [9.17, 15) is 14.7 Å². The van der Waals surface area contributed by atoms with Crippen LogP contribution < -0.4 is 15.6 Å². The molecule has 0 radical (unpaired) electrons. The average molecular weight is 504 g/mol. The number of amides is 1. The van der Waals surface area contributed by atoms with Crippen molar-refractivity contribution in [1.82, 2.24) is 15.2 Å². The van der Waals surface area contributed by atoms with Gasteiger partial charge in [-0.2, -0.15) is 0 Å². The predicted molar refractivity (Wildman–Crippen MR) is 134 cm³/mol. The third-order valence-electron chi connectivity index (χ3n) is 5.92. The number of nitrogens with one attached hydrogen (secondary N) is 2. The maximum Gasteiger partial charge on any atom is 0.252 e. The monoisotopic (exact) mass is 503 g/mol. The SMILES string of the molecule is C[C@](O)(CNC(=O)c1cc(=O)[nH]c2ccccc12)CN1CCC(Oc2ccc(Cl)c(Cl)c2)CC1. The van der Waals surface area contributed by atoms with Gasteiger partial charge in [0.05, 0.1) is 21.2 Å². The molecule has 3 N–H and O–H groups in total. The van der Waals surface area contributed by atoms with Gasteiger partial charge in [0.2, 0.25) is 5.56 Å². The Balaban J connectivity index is 1.29. The van der Waals surface area contributed by atoms with E-state index in [4.69, 9.17) is 27.9 Å². The zero-order valence-corrected chi connectivity index (χ0v) is 20.3. The first kappa shape index (κ1) is 24.5. The van der Waals surface area contributed by atoms with Crippen LogP contribution in [0.1, 0.15) is 30.1 Å². The van der Waals surface area contributed by atoms with Gasteiger partial charge in [-0.1, -0.05) is 41.4 Å². The van der Waals surface area contributed by atoms with E-state index in [-0.39, 0.29) is 23.8 Å². The van der Waals surface area contributed by atoms with Crippen LogP contribution in [0.5, 0.6) is 5.75 Å². The van der Waals surface area contributed by atoms with Crippen molar-refractivity contribution in [3.05, 3.63) is 74.5 Å². The number of benzene rings is 2. The number of ether oxygens (including phenoxy) is 1. The number of rotatable bonds is 7. The summed E-state index contributed by atoms with van der Waals surface area (Å²) in [5.74, 6) is 0.297. The Bertz CT molecular complexity index is 1240. The molecule has 0 saturated carbocycles. The number of piperidine rings is 1. The van der Waals surface area contributed by atoms with Crippen molar-refractivity contribution < 1.29 is 14.6 Å². The van der Waals surface area contributed by atoms with Crippen molar-refractivity contribution in [3.63, 3.8) is 0 Å². The summed E-state index contributed by atoms with van der Waals surface area (Å²) in [6, 6.07) is 13.7. The van der Waals surface area contributed by atoms with E-state index in [1.54, 1.807) is 43.3 Å². The lowest BCUT2D eigenvalue weighted by molar-refractivity contribution is 0.00229. The van der Waals surface area contributed by atoms with Crippen LogP contribution in [0.4, 0.5) is 0 Å². The highest BCUT2D eigenvalue weighted by Gasteiger charge is 2.29. The fourth-order valence-corrected chi connectivity index (χ4v) is 4.51. The molecule has 3 aromatic rings. The third-order valence-corrected chi connectivity index (χ3v) is 6.66. The number of carbonyl (C=O) groups is 1. The maximum absolute atomic E-state index is 12.8. The first-order chi connectivity index (χ1) is 16.2. The fraction of sp³-hybridized carbons (Fsp3) is 0.360. The number of halogens is 2. The summed E-state index contributed by atoms with van der Waals surface area (Å²) in [7, 11) is 0. The number of pyridine rings is 1. The normalized spacial score (nSPS) is 16.8. The van der Waals surface area contributed by atoms with E-state index in [1.807, 2.05) is 6.07 Å². The highest BCUT2D eigenvalue weighted by atomic mass is 35.5. The standard InChI is InChI=1S/C25H27Cl2N3O4/c1-25(33,14-28-24(32)19-13-23(31)29-22-5-3-2-4-18(19)22)15-30-10-8-16(9-11-30)34-17-6-7-20(26)21(27)12-17/h2-7,12-13,16,33H,8-11,14-15H2,1H3,(H,28,32)(H,29,31)/t25-/m0/s1. The molecule has 1 aromatic heterocycles. The van der Waals surface area contributed by atoms with E-state index in [1.165, 1.54) is 6.07 Å². The highest BCUT2D eigenvalue weighted by Crippen LogP contribution is 2.28. The number of aromatic nitrogens is 1. The van der Waals surface area contributed by atoms with Gasteiger partial charge in [0.25, 0.3) is 5.91 Å². The van der Waals surface area contributed by atoms with Crippen LogP contribution in [0.2, 0.25) is 10.0 Å². The lowest BCUT2D eigenvalue weighted by Gasteiger charge is -2.36. The lowest BCUT2D eigenvalue weighted by Crippen LogP contribution is -2.51. The van der Waals surface area contributed by atoms with Crippen molar-refractivity contribution >= 4 is 40.0 Å². The Hall–Kier alpha value is -2.58. The Labute approximate surface area is 207 Å². The predicted octanol–water partition coefficient (Wildman–Crippen LogP) is 3.86. The summed E-state index contributed by atoms with van der Waals surface area (Å²) in [5, 5.41) is 15.3. The van der Waals surface area contributed by atoms with Crippen LogP contribution in [0, 0.1) is 0 Å². The number of para-hydroxylation sites is 1. The topological polar surface area (TPSA) is 94.7 Å². The van der Waals surface area contributed by atoms with Crippen LogP contribution >= 0.6 is 23.2 Å². The van der Waals surface area contributed by atoms with Gasteiger partial charge >= 0.3 is 0 Å². The number of carbonyl (C=O) groups excluding carboxylic acids is 1. The van der Waals surface area contributed by atoms with E-state index < -0.39 is 11.5 Å². The van der Waals surface area contributed by atoms with E-state index in [2.05, 4.69) is 15.2 Å². The maximum atomic E-state index is 12.8. The number of hydrogen-bond donors (Lipinski definition) is 3. The molecule has 180 valence electrons. The van der Waals surface area contributed by atoms with Crippen molar-refractivity contribution in [2.45, 2.75) is 31.5 Å². The molecule has 0 spiro atoms. The molecule has 0 unspecified atom stereocenters. The molecular formula is C25H27Cl2N3O4. The Morgan fingerprint density at radius 2 is 1.91 bits per heavy atom. The number of H-pyrrole nitrogens is 1. The first-order valence-electron chi connectivity index (χ1n) is 11.2. The van der Waals surface area contributed by atoms with E-state index >= 15 is 0 Å². The largest absolute Gasteiger partial charge is 0.490 e. The van der Waals surface area contributed by atoms with Gasteiger partial charge in [0, 0.05) is 49.2 Å². The van der Waals surface area contributed by atoms with Crippen LogP contribution in [0.15, 0.2) is 53.3 Å². The number of fused-ring (bicyclic) bond motifs is 1. The third kappa shape index (κ3) is 6.10. The number of β-amino-alcohol motifs (C(OH)–C–C–N with tert-alkyl or cyclic N) is 1. The molecule has 1 amide bonds. The number of aliphatic hydroxyl groups is 1. The smallest absolute Gasteiger partial charge is 0.252 e. The van der Waals surface area contributed by atoms with Gasteiger partial charge in [-0.15, -0.1) is 0 Å². The highest BCUT2D eigenvalue weighted by molar-refractivity contribution is 6.42. The zero-order valence-electron chi connectivity index (χ0n) is 18.8. The molecule has 0 aliphatic carbocycles. The van der Waals surface area contributed by atoms with Gasteiger partial charge < -0.3 is 25.0 Å². The van der Waals surface area contributed by atoms with E-state index in [0.29, 0.717) is 33.2 Å². The molecular weight excluding hydrogens is 477 g/mol. The summed E-state index contributed by atoms with van der Waals surface area (Å²) in [6.45, 7) is 3.68. The second-order valence-corrected chi connectivity index (χ2v) is 9.76. The molecule has 7 nitrogen and oxygen atoms in total. The van der Waals surface area contributed by atoms with Crippen molar-refractivity contribution in [1.29, 1.82) is 0 Å². The number of aromatic amines is 1. The minimum Gasteiger partial charge on any atom is -0.490 e. The van der Waals surface area contributed by atoms with E-state index in [0.717, 1.165) is 25.9 Å². The van der Waals surface area contributed by atoms with Gasteiger partial charge in [0.15, 0.2) is 0 Å². The lowest BCUT2D eigenvalue weighted by atomic mass is 10.0. The molecule has 34 heavy (non-hydrogen) atoms. The summed E-state index contributed by atoms with van der Waals surface area (Å²) < 4.78 is 6.02. The summed E-state index contributed by atoms with van der Waals surface area (Å²) in [4.78, 5) is 29.6. The molecule has 1 fully saturated rings. The van der Waals surface area contributed by atoms with Crippen molar-refractivity contribution in [3.8, 4) is 5.75 Å². The average Bonchev–Trinajstić information content (AvgIpc) is 2.80. The van der Waals surface area contributed by atoms with Gasteiger partial charge in [-0.3, -0.25) is 9.59 Å². The minimum absolute atomic E-state index is 0.0580. The van der Waals surface area contributed by atoms with Crippen LogP contribution in [0.3, 0.4) is 0 Å². The zero-order chi connectivity index (χ0) is 24.3. The molecule has 0 bridgehead atoms. The van der Waals surface area contributed by atoms with Crippen molar-refractivity contribution in [2.75, 3.05) is 26.2 Å². The van der Waals surface area contributed by atoms with Crippen molar-refractivity contribution in [2.24, 2.45) is 0 Å². The summed E-state index contributed by atoms with van der Waals surface area (Å²) in [6.07, 6.45) is 1.67. The first-order valence-corrected chi connectivity index (χ1v) is 11.9. The molecule has 1 aliphatic heterocycles. The molecule has 1 aliphatic rings. The number of likely N-dealkylation sites (tertiary alicyclic amines) is 1. The fourth-order valence-electron chi connectivity index (χ4n) is 4.22. The molecule has 1 saturated heterocycles. The van der Waals surface area contributed by atoms with Crippen LogP contribution in [0.25, 0.3) is 10.9 Å². The molecule has 1 atom stereocenters. The van der Waals surface area contributed by atoms with Gasteiger partial charge in [-0.25, -0.2) is 0 Å². The number of nitrogens with zero attached hydrogens (tertiary/aromatic N) is 1. The van der Waals surface area contributed by atoms with Crippen LogP contribution in [-0.4, -0.2) is 58.8 Å². The minimum atomic E-state index is -1.13. The molecule has 2 aromatic carbocycles. The Morgan fingerprint density at radius 1 is 1.18 bits per heavy atom. The second kappa shape index (κ2) is 10.4. The molecule has 4 rings (SSSR count). The molecule has 2 heterocycles. The van der Waals surface area contributed by atoms with Crippen LogP contribution in [-0.2, 0) is 0 Å². The van der Waals surface area contributed by atoms with Gasteiger partial charge in [-0.05, 0) is 38.0 Å². The Kier molecular flexibility index (Phi) is 7.48. The number of hydrogen-bond acceptors (Lipinski definition) is 5. The molecule has 9 heteroatoms. The summed E-state index contributed by atoms with van der Waals surface area (Å²) in [5.41, 5.74) is -0.598.